The summed E-state index contributed by atoms with van der Waals surface area (Å²) in [5, 5.41) is 3.14. The molecule has 1 amide bonds. The van der Waals surface area contributed by atoms with Crippen LogP contribution in [0.3, 0.4) is 0 Å². The molecule has 2 aromatic carbocycles. The maximum atomic E-state index is 13.1. The largest absolute Gasteiger partial charge is 0.497 e. The number of nitrogens with zero attached hydrogens (tertiary/aromatic N) is 2. The van der Waals surface area contributed by atoms with Gasteiger partial charge in [0.15, 0.2) is 0 Å². The molecular weight excluding hydrogens is 344 g/mol. The maximum Gasteiger partial charge on any atom is 0.258 e. The number of methoxy groups -OCH3 is 1. The summed E-state index contributed by atoms with van der Waals surface area (Å²) in [6, 6.07) is 11.9. The van der Waals surface area contributed by atoms with Crippen molar-refractivity contribution in [3.63, 3.8) is 0 Å². The summed E-state index contributed by atoms with van der Waals surface area (Å²) in [7, 11) is 1.63. The van der Waals surface area contributed by atoms with Crippen LogP contribution in [-0.2, 0) is 6.42 Å². The fourth-order valence-electron chi connectivity index (χ4n) is 3.42. The number of ether oxygens (including phenoxy) is 1. The van der Waals surface area contributed by atoms with E-state index in [0.29, 0.717) is 6.54 Å². The van der Waals surface area contributed by atoms with Gasteiger partial charge in [-0.15, -0.1) is 11.3 Å². The van der Waals surface area contributed by atoms with Gasteiger partial charge in [-0.2, -0.15) is 0 Å². The predicted octanol–water partition coefficient (Wildman–Crippen LogP) is 4.64. The number of thiazole rings is 1. The summed E-state index contributed by atoms with van der Waals surface area (Å²) in [5.41, 5.74) is 5.97. The van der Waals surface area contributed by atoms with E-state index in [-0.39, 0.29) is 5.91 Å². The molecule has 0 N–H and O–H groups in total. The first kappa shape index (κ1) is 16.8. The van der Waals surface area contributed by atoms with Crippen molar-refractivity contribution in [3.05, 3.63) is 63.5 Å². The molecule has 4 rings (SSSR count). The molecule has 1 aliphatic heterocycles. The van der Waals surface area contributed by atoms with Gasteiger partial charge in [-0.05, 0) is 61.7 Å². The Morgan fingerprint density at radius 2 is 2.04 bits per heavy atom. The van der Waals surface area contributed by atoms with Gasteiger partial charge >= 0.3 is 0 Å². The number of hydrogen-bond acceptors (Lipinski definition) is 4. The lowest BCUT2D eigenvalue weighted by molar-refractivity contribution is 0.0989. The van der Waals surface area contributed by atoms with Crippen LogP contribution in [0.15, 0.2) is 41.8 Å². The molecule has 132 valence electrons. The molecule has 0 radical (unpaired) electrons. The van der Waals surface area contributed by atoms with Crippen LogP contribution >= 0.6 is 11.3 Å². The van der Waals surface area contributed by atoms with Crippen LogP contribution < -0.4 is 9.64 Å². The average molecular weight is 364 g/mol. The standard InChI is InChI=1S/C21H20N2O2S/c1-13-10-17(25-3)5-6-18(13)21(24)23-9-8-16-11-15(4-7-20(16)23)19-12-26-14(2)22-19/h4-7,10-12H,8-9H2,1-3H3. The van der Waals surface area contributed by atoms with Gasteiger partial charge in [-0.1, -0.05) is 6.07 Å². The Morgan fingerprint density at radius 3 is 2.73 bits per heavy atom. The van der Waals surface area contributed by atoms with Gasteiger partial charge in [0, 0.05) is 28.7 Å². The molecule has 0 spiro atoms. The summed E-state index contributed by atoms with van der Waals surface area (Å²) in [6.07, 6.45) is 0.868. The second kappa shape index (κ2) is 6.57. The monoisotopic (exact) mass is 364 g/mol. The highest BCUT2D eigenvalue weighted by atomic mass is 32.1. The van der Waals surface area contributed by atoms with Crippen molar-refractivity contribution < 1.29 is 9.53 Å². The molecule has 4 nitrogen and oxygen atoms in total. The fraction of sp³-hybridized carbons (Fsp3) is 0.238. The summed E-state index contributed by atoms with van der Waals surface area (Å²) in [5.74, 6) is 0.810. The van der Waals surface area contributed by atoms with Crippen molar-refractivity contribution in [2.45, 2.75) is 20.3 Å². The topological polar surface area (TPSA) is 42.4 Å². The van der Waals surface area contributed by atoms with Crippen LogP contribution in [0.4, 0.5) is 5.69 Å². The number of benzene rings is 2. The van der Waals surface area contributed by atoms with Gasteiger partial charge in [-0.3, -0.25) is 4.79 Å². The molecule has 0 saturated carbocycles. The Kier molecular flexibility index (Phi) is 4.24. The highest BCUT2D eigenvalue weighted by Crippen LogP contribution is 2.34. The van der Waals surface area contributed by atoms with Gasteiger partial charge in [0.2, 0.25) is 0 Å². The van der Waals surface area contributed by atoms with Crippen LogP contribution in [0.25, 0.3) is 11.3 Å². The number of rotatable bonds is 3. The van der Waals surface area contributed by atoms with E-state index < -0.39 is 0 Å². The molecule has 5 heteroatoms. The summed E-state index contributed by atoms with van der Waals surface area (Å²) >= 11 is 1.65. The van der Waals surface area contributed by atoms with Gasteiger partial charge in [0.05, 0.1) is 17.8 Å². The SMILES string of the molecule is COc1ccc(C(=O)N2CCc3cc(-c4csc(C)n4)ccc32)c(C)c1. The van der Waals surface area contributed by atoms with Crippen LogP contribution in [0, 0.1) is 13.8 Å². The van der Waals surface area contributed by atoms with Gasteiger partial charge in [0.1, 0.15) is 5.75 Å². The molecule has 0 saturated heterocycles. The zero-order chi connectivity index (χ0) is 18.3. The van der Waals surface area contributed by atoms with Gasteiger partial charge in [-0.25, -0.2) is 4.98 Å². The Hall–Kier alpha value is -2.66. The molecule has 0 unspecified atom stereocenters. The number of amides is 1. The molecular formula is C21H20N2O2S. The van der Waals surface area contributed by atoms with Crippen molar-refractivity contribution in [1.82, 2.24) is 4.98 Å². The molecule has 0 aliphatic carbocycles. The molecule has 2 heterocycles. The summed E-state index contributed by atoms with van der Waals surface area (Å²) in [4.78, 5) is 19.5. The fourth-order valence-corrected chi connectivity index (χ4v) is 4.04. The minimum atomic E-state index is 0.0427. The lowest BCUT2D eigenvalue weighted by Crippen LogP contribution is -2.29. The van der Waals surface area contributed by atoms with E-state index in [1.807, 2.05) is 43.0 Å². The van der Waals surface area contributed by atoms with Crippen molar-refractivity contribution >= 4 is 22.9 Å². The van der Waals surface area contributed by atoms with E-state index in [1.165, 1.54) is 5.56 Å². The summed E-state index contributed by atoms with van der Waals surface area (Å²) < 4.78 is 5.24. The zero-order valence-electron chi connectivity index (χ0n) is 15.1. The van der Waals surface area contributed by atoms with Crippen LogP contribution in [0.5, 0.6) is 5.75 Å². The smallest absolute Gasteiger partial charge is 0.258 e. The number of aromatic nitrogens is 1. The van der Waals surface area contributed by atoms with Crippen molar-refractivity contribution in [2.75, 3.05) is 18.6 Å². The second-order valence-corrected chi connectivity index (χ2v) is 7.55. The number of hydrogen-bond donors (Lipinski definition) is 0. The molecule has 26 heavy (non-hydrogen) atoms. The first-order valence-electron chi connectivity index (χ1n) is 8.59. The second-order valence-electron chi connectivity index (χ2n) is 6.48. The number of carbonyl (C=O) groups excluding carboxylic acids is 1. The first-order valence-corrected chi connectivity index (χ1v) is 9.46. The van der Waals surface area contributed by atoms with Crippen molar-refractivity contribution in [1.29, 1.82) is 0 Å². The lowest BCUT2D eigenvalue weighted by Gasteiger charge is -2.19. The minimum absolute atomic E-state index is 0.0427. The normalized spacial score (nSPS) is 13.0. The number of fused-ring (bicyclic) bond motifs is 1. The third-order valence-electron chi connectivity index (χ3n) is 4.80. The number of aryl methyl sites for hydroxylation is 2. The maximum absolute atomic E-state index is 13.1. The first-order chi connectivity index (χ1) is 12.6. The molecule has 0 atom stereocenters. The molecule has 1 aromatic heterocycles. The Labute approximate surface area is 157 Å². The Morgan fingerprint density at radius 1 is 1.19 bits per heavy atom. The quantitative estimate of drug-likeness (QED) is 0.680. The van der Waals surface area contributed by atoms with Crippen LogP contribution in [0.1, 0.15) is 26.5 Å². The molecule has 0 bridgehead atoms. The van der Waals surface area contributed by atoms with Gasteiger partial charge < -0.3 is 9.64 Å². The van der Waals surface area contributed by atoms with Crippen LogP contribution in [0.2, 0.25) is 0 Å². The third kappa shape index (κ3) is 2.88. The minimum Gasteiger partial charge on any atom is -0.497 e. The van der Waals surface area contributed by atoms with Crippen molar-refractivity contribution in [3.8, 4) is 17.0 Å². The van der Waals surface area contributed by atoms with E-state index in [2.05, 4.69) is 22.5 Å². The molecule has 3 aromatic rings. The Bertz CT molecular complexity index is 993. The average Bonchev–Trinajstić information content (AvgIpc) is 3.26. The molecule has 1 aliphatic rings. The molecule has 0 fully saturated rings. The highest BCUT2D eigenvalue weighted by molar-refractivity contribution is 7.09. The van der Waals surface area contributed by atoms with E-state index in [0.717, 1.165) is 45.2 Å². The van der Waals surface area contributed by atoms with E-state index in [4.69, 9.17) is 4.74 Å². The number of anilines is 1. The van der Waals surface area contributed by atoms with Crippen LogP contribution in [-0.4, -0.2) is 24.5 Å². The van der Waals surface area contributed by atoms with E-state index in [1.54, 1.807) is 18.4 Å². The third-order valence-corrected chi connectivity index (χ3v) is 5.57. The van der Waals surface area contributed by atoms with E-state index >= 15 is 0 Å². The highest BCUT2D eigenvalue weighted by Gasteiger charge is 2.27. The Balaban J connectivity index is 1.64. The van der Waals surface area contributed by atoms with Crippen molar-refractivity contribution in [2.24, 2.45) is 0 Å². The summed E-state index contributed by atoms with van der Waals surface area (Å²) in [6.45, 7) is 4.67. The lowest BCUT2D eigenvalue weighted by atomic mass is 10.1. The van der Waals surface area contributed by atoms with E-state index in [9.17, 15) is 4.79 Å². The zero-order valence-corrected chi connectivity index (χ0v) is 15.9. The predicted molar refractivity (Wildman–Crippen MR) is 105 cm³/mol. The van der Waals surface area contributed by atoms with Gasteiger partial charge in [0.25, 0.3) is 5.91 Å². The number of carbonyl (C=O) groups is 1.